The molecule has 2 amide bonds. The van der Waals surface area contributed by atoms with Gasteiger partial charge in [0.25, 0.3) is 0 Å². The number of amides is 2. The summed E-state index contributed by atoms with van der Waals surface area (Å²) in [4.78, 5) is 33.5. The summed E-state index contributed by atoms with van der Waals surface area (Å²) in [5.74, 6) is -1.31. The van der Waals surface area contributed by atoms with E-state index < -0.39 is 29.8 Å². The number of ether oxygens (including phenoxy) is 2. The molecule has 0 aromatic heterocycles. The molecule has 0 bridgehead atoms. The molecule has 0 aliphatic heterocycles. The van der Waals surface area contributed by atoms with Crippen molar-refractivity contribution in [3.8, 4) is 0 Å². The highest BCUT2D eigenvalue weighted by atomic mass is 16.6. The molecule has 0 radical (unpaired) electrons. The molecular formula is C12H20N2O6. The van der Waals surface area contributed by atoms with E-state index in [4.69, 9.17) is 9.84 Å². The summed E-state index contributed by atoms with van der Waals surface area (Å²) >= 11 is 0. The Morgan fingerprint density at radius 2 is 1.90 bits per heavy atom. The van der Waals surface area contributed by atoms with Crippen LogP contribution in [0.4, 0.5) is 9.59 Å². The number of alkyl carbamates (subject to hydrolysis) is 2. The maximum Gasteiger partial charge on any atom is 0.408 e. The van der Waals surface area contributed by atoms with E-state index in [1.165, 1.54) is 6.08 Å². The molecule has 0 heterocycles. The van der Waals surface area contributed by atoms with Gasteiger partial charge in [-0.25, -0.2) is 14.4 Å². The van der Waals surface area contributed by atoms with Crippen LogP contribution in [0.1, 0.15) is 20.8 Å². The van der Waals surface area contributed by atoms with Gasteiger partial charge < -0.3 is 25.2 Å². The smallest absolute Gasteiger partial charge is 0.408 e. The Hall–Kier alpha value is -2.25. The average molecular weight is 288 g/mol. The largest absolute Gasteiger partial charge is 0.480 e. The normalized spacial score (nSPS) is 11.9. The fourth-order valence-electron chi connectivity index (χ4n) is 1.02. The number of hydrogen-bond donors (Lipinski definition) is 3. The van der Waals surface area contributed by atoms with E-state index in [2.05, 4.69) is 21.9 Å². The Morgan fingerprint density at radius 3 is 2.35 bits per heavy atom. The minimum atomic E-state index is -1.32. The van der Waals surface area contributed by atoms with Crippen molar-refractivity contribution in [3.63, 3.8) is 0 Å². The molecule has 1 unspecified atom stereocenters. The van der Waals surface area contributed by atoms with Crippen LogP contribution < -0.4 is 10.6 Å². The number of hydrogen-bond acceptors (Lipinski definition) is 5. The summed E-state index contributed by atoms with van der Waals surface area (Å²) < 4.78 is 9.52. The second-order valence-electron chi connectivity index (χ2n) is 4.81. The molecule has 8 heteroatoms. The highest BCUT2D eigenvalue weighted by Gasteiger charge is 2.24. The van der Waals surface area contributed by atoms with Crippen molar-refractivity contribution in [1.82, 2.24) is 10.6 Å². The molecule has 0 spiro atoms. The van der Waals surface area contributed by atoms with E-state index in [9.17, 15) is 14.4 Å². The molecule has 8 nitrogen and oxygen atoms in total. The van der Waals surface area contributed by atoms with Crippen LogP contribution >= 0.6 is 0 Å². The van der Waals surface area contributed by atoms with Crippen molar-refractivity contribution in [1.29, 1.82) is 0 Å². The number of nitrogens with one attached hydrogen (secondary N) is 2. The molecule has 1 atom stereocenters. The first-order chi connectivity index (χ1) is 9.15. The molecule has 3 N–H and O–H groups in total. The zero-order chi connectivity index (χ0) is 15.8. The van der Waals surface area contributed by atoms with Crippen LogP contribution in [-0.4, -0.2) is 48.1 Å². The van der Waals surface area contributed by atoms with Gasteiger partial charge in [0.05, 0.1) is 6.54 Å². The number of carboxylic acids is 1. The van der Waals surface area contributed by atoms with E-state index in [1.807, 2.05) is 0 Å². The van der Waals surface area contributed by atoms with E-state index in [-0.39, 0.29) is 13.2 Å². The van der Waals surface area contributed by atoms with Gasteiger partial charge in [-0.2, -0.15) is 0 Å². The van der Waals surface area contributed by atoms with Crippen molar-refractivity contribution < 1.29 is 29.0 Å². The zero-order valence-corrected chi connectivity index (χ0v) is 11.8. The fraction of sp³-hybridized carbons (Fsp3) is 0.583. The van der Waals surface area contributed by atoms with Crippen LogP contribution in [0.25, 0.3) is 0 Å². The lowest BCUT2D eigenvalue weighted by molar-refractivity contribution is -0.139. The Bertz CT molecular complexity index is 375. The van der Waals surface area contributed by atoms with Gasteiger partial charge in [0.15, 0.2) is 0 Å². The zero-order valence-electron chi connectivity index (χ0n) is 11.8. The van der Waals surface area contributed by atoms with E-state index in [1.54, 1.807) is 20.8 Å². The summed E-state index contributed by atoms with van der Waals surface area (Å²) in [6.45, 7) is 7.97. The van der Waals surface area contributed by atoms with Crippen molar-refractivity contribution in [2.45, 2.75) is 32.4 Å². The van der Waals surface area contributed by atoms with Gasteiger partial charge in [0.2, 0.25) is 0 Å². The molecule has 0 aromatic rings. The third-order valence-corrected chi connectivity index (χ3v) is 1.77. The Morgan fingerprint density at radius 1 is 1.30 bits per heavy atom. The lowest BCUT2D eigenvalue weighted by Gasteiger charge is -2.22. The molecule has 0 fully saturated rings. The van der Waals surface area contributed by atoms with Gasteiger partial charge in [-0.3, -0.25) is 0 Å². The maximum atomic E-state index is 11.4. The van der Waals surface area contributed by atoms with E-state index in [0.717, 1.165) is 0 Å². The highest BCUT2D eigenvalue weighted by molar-refractivity contribution is 5.81. The summed E-state index contributed by atoms with van der Waals surface area (Å²) in [5, 5.41) is 13.3. The van der Waals surface area contributed by atoms with Crippen molar-refractivity contribution in [3.05, 3.63) is 12.7 Å². The Balaban J connectivity index is 4.30. The SMILES string of the molecule is C=CCOC(=O)NCC(NC(=O)OC(C)(C)C)C(=O)O. The lowest BCUT2D eigenvalue weighted by atomic mass is 10.2. The van der Waals surface area contributed by atoms with Gasteiger partial charge in [-0.05, 0) is 20.8 Å². The predicted molar refractivity (Wildman–Crippen MR) is 70.3 cm³/mol. The van der Waals surface area contributed by atoms with E-state index in [0.29, 0.717) is 0 Å². The third-order valence-electron chi connectivity index (χ3n) is 1.77. The van der Waals surface area contributed by atoms with Crippen LogP contribution in [0, 0.1) is 0 Å². The topological polar surface area (TPSA) is 114 Å². The van der Waals surface area contributed by atoms with Gasteiger partial charge in [-0.1, -0.05) is 12.7 Å². The van der Waals surface area contributed by atoms with Crippen LogP contribution in [0.3, 0.4) is 0 Å². The van der Waals surface area contributed by atoms with Crippen molar-refractivity contribution >= 4 is 18.2 Å². The second-order valence-corrected chi connectivity index (χ2v) is 4.81. The second kappa shape index (κ2) is 8.03. The van der Waals surface area contributed by atoms with E-state index >= 15 is 0 Å². The standard InChI is InChI=1S/C12H20N2O6/c1-5-6-19-10(17)13-7-8(9(15)16)14-11(18)20-12(2,3)4/h5,8H,1,6-7H2,2-4H3,(H,13,17)(H,14,18)(H,15,16). The summed E-state index contributed by atoms with van der Waals surface area (Å²) in [7, 11) is 0. The average Bonchev–Trinajstić information content (AvgIpc) is 2.29. The monoisotopic (exact) mass is 288 g/mol. The first-order valence-corrected chi connectivity index (χ1v) is 5.89. The number of carboxylic acid groups (broad SMARTS) is 1. The Kier molecular flexibility index (Phi) is 7.12. The molecule has 114 valence electrons. The van der Waals surface area contributed by atoms with Crippen LogP contribution in [0.2, 0.25) is 0 Å². The third kappa shape index (κ3) is 8.78. The fourth-order valence-corrected chi connectivity index (χ4v) is 1.02. The Labute approximate surface area is 117 Å². The minimum Gasteiger partial charge on any atom is -0.480 e. The molecular weight excluding hydrogens is 268 g/mol. The number of rotatable bonds is 6. The quantitative estimate of drug-likeness (QED) is 0.625. The van der Waals surface area contributed by atoms with Gasteiger partial charge in [0, 0.05) is 0 Å². The molecule has 20 heavy (non-hydrogen) atoms. The summed E-state index contributed by atoms with van der Waals surface area (Å²) in [5.41, 5.74) is -0.747. The number of aliphatic carboxylic acids is 1. The van der Waals surface area contributed by atoms with Gasteiger partial charge in [0.1, 0.15) is 18.2 Å². The van der Waals surface area contributed by atoms with Gasteiger partial charge in [-0.15, -0.1) is 0 Å². The molecule has 0 rings (SSSR count). The van der Waals surface area contributed by atoms with Crippen LogP contribution in [0.15, 0.2) is 12.7 Å². The first kappa shape index (κ1) is 17.8. The molecule has 0 aliphatic rings. The van der Waals surface area contributed by atoms with Crippen LogP contribution in [-0.2, 0) is 14.3 Å². The predicted octanol–water partition coefficient (Wildman–Crippen LogP) is 0.876. The number of carbonyl (C=O) groups is 3. The van der Waals surface area contributed by atoms with Crippen LogP contribution in [0.5, 0.6) is 0 Å². The summed E-state index contributed by atoms with van der Waals surface area (Å²) in [6.07, 6.45) is -0.319. The molecule has 0 saturated carbocycles. The summed E-state index contributed by atoms with van der Waals surface area (Å²) in [6, 6.07) is -1.32. The van der Waals surface area contributed by atoms with Crippen molar-refractivity contribution in [2.24, 2.45) is 0 Å². The highest BCUT2D eigenvalue weighted by Crippen LogP contribution is 2.06. The minimum absolute atomic E-state index is 0.00304. The first-order valence-electron chi connectivity index (χ1n) is 5.89. The lowest BCUT2D eigenvalue weighted by Crippen LogP contribution is -2.49. The molecule has 0 aromatic carbocycles. The van der Waals surface area contributed by atoms with Gasteiger partial charge >= 0.3 is 18.2 Å². The molecule has 0 aliphatic carbocycles. The number of carbonyl (C=O) groups excluding carboxylic acids is 2. The van der Waals surface area contributed by atoms with Crippen molar-refractivity contribution in [2.75, 3.05) is 13.2 Å². The molecule has 0 saturated heterocycles. The maximum absolute atomic E-state index is 11.4.